The van der Waals surface area contributed by atoms with Gasteiger partial charge in [-0.25, -0.2) is 8.42 Å². The molecule has 1 amide bonds. The maximum Gasteiger partial charge on any atom is 0.263 e. The highest BCUT2D eigenvalue weighted by molar-refractivity contribution is 7.91. The number of benzene rings is 1. The number of rotatable bonds is 7. The average molecular weight is 424 g/mol. The Morgan fingerprint density at radius 3 is 2.57 bits per heavy atom. The summed E-state index contributed by atoms with van der Waals surface area (Å²) >= 11 is 1.57. The number of sulfone groups is 1. The van der Waals surface area contributed by atoms with Crippen molar-refractivity contribution in [1.29, 1.82) is 0 Å². The predicted octanol–water partition coefficient (Wildman–Crippen LogP) is 3.05. The first-order valence-corrected chi connectivity index (χ1v) is 11.8. The molecule has 0 spiro atoms. The summed E-state index contributed by atoms with van der Waals surface area (Å²) in [5, 5.41) is 1.98. The van der Waals surface area contributed by atoms with Gasteiger partial charge in [0.25, 0.3) is 5.91 Å². The molecule has 8 heteroatoms. The second-order valence-corrected chi connectivity index (χ2v) is 10.2. The number of thiophene rings is 1. The molecular formula is C20H25NO5S2. The van der Waals surface area contributed by atoms with Crippen LogP contribution in [0.4, 0.5) is 0 Å². The van der Waals surface area contributed by atoms with E-state index in [0.717, 1.165) is 10.4 Å². The average Bonchev–Trinajstić information content (AvgIpc) is 3.24. The number of carbonyl (C=O) groups is 1. The summed E-state index contributed by atoms with van der Waals surface area (Å²) in [5.74, 6) is 0.932. The number of hydrogen-bond acceptors (Lipinski definition) is 6. The van der Waals surface area contributed by atoms with Gasteiger partial charge in [0, 0.05) is 10.9 Å². The maximum absolute atomic E-state index is 13.3. The summed E-state index contributed by atoms with van der Waals surface area (Å²) in [5.41, 5.74) is 1.10. The number of nitrogens with zero attached hydrogens (tertiary/aromatic N) is 1. The molecule has 6 nitrogen and oxygen atoms in total. The molecule has 1 fully saturated rings. The van der Waals surface area contributed by atoms with Crippen LogP contribution in [0.1, 0.15) is 23.8 Å². The highest BCUT2D eigenvalue weighted by Crippen LogP contribution is 2.29. The minimum atomic E-state index is -3.11. The third kappa shape index (κ3) is 4.67. The van der Waals surface area contributed by atoms with Crippen molar-refractivity contribution in [2.75, 3.05) is 18.6 Å². The van der Waals surface area contributed by atoms with Gasteiger partial charge in [-0.3, -0.25) is 4.79 Å². The van der Waals surface area contributed by atoms with E-state index in [0.29, 0.717) is 24.5 Å². The van der Waals surface area contributed by atoms with Gasteiger partial charge in [-0.1, -0.05) is 12.1 Å². The van der Waals surface area contributed by atoms with E-state index in [1.54, 1.807) is 42.4 Å². The van der Waals surface area contributed by atoms with Crippen LogP contribution in [0, 0.1) is 6.92 Å². The Labute approximate surface area is 170 Å². The molecule has 0 saturated carbocycles. The summed E-state index contributed by atoms with van der Waals surface area (Å²) in [6, 6.07) is 8.82. The standard InChI is InChI=1S/C20H25NO5S2/c1-14-8-10-27-19(14)12-21(16-9-11-28(23,24)13-16)20(22)15(2)26-18-7-5-4-6-17(18)25-3/h4-8,10,15-16H,9,11-13H2,1-3H3. The molecule has 28 heavy (non-hydrogen) atoms. The van der Waals surface area contributed by atoms with Gasteiger partial charge in [0.15, 0.2) is 27.4 Å². The Kier molecular flexibility index (Phi) is 6.30. The lowest BCUT2D eigenvalue weighted by Gasteiger charge is -2.31. The van der Waals surface area contributed by atoms with Crippen molar-refractivity contribution < 1.29 is 22.7 Å². The number of hydrogen-bond donors (Lipinski definition) is 0. The van der Waals surface area contributed by atoms with Gasteiger partial charge >= 0.3 is 0 Å². The third-order valence-corrected chi connectivity index (χ3v) is 7.69. The Morgan fingerprint density at radius 1 is 1.29 bits per heavy atom. The second-order valence-electron chi connectivity index (χ2n) is 6.96. The fourth-order valence-corrected chi connectivity index (χ4v) is 5.95. The van der Waals surface area contributed by atoms with Gasteiger partial charge in [-0.2, -0.15) is 0 Å². The van der Waals surface area contributed by atoms with Crippen LogP contribution in [-0.2, 0) is 21.2 Å². The third-order valence-electron chi connectivity index (χ3n) is 4.93. The fraction of sp³-hybridized carbons (Fsp3) is 0.450. The highest BCUT2D eigenvalue weighted by Gasteiger charge is 2.37. The molecule has 2 heterocycles. The van der Waals surface area contributed by atoms with E-state index < -0.39 is 15.9 Å². The molecule has 2 atom stereocenters. The van der Waals surface area contributed by atoms with Crippen molar-refractivity contribution in [2.24, 2.45) is 0 Å². The summed E-state index contributed by atoms with van der Waals surface area (Å²) < 4.78 is 35.2. The molecule has 1 saturated heterocycles. The van der Waals surface area contributed by atoms with Crippen molar-refractivity contribution in [3.8, 4) is 11.5 Å². The Morgan fingerprint density at radius 2 is 2.00 bits per heavy atom. The smallest absolute Gasteiger partial charge is 0.263 e. The topological polar surface area (TPSA) is 72.9 Å². The number of methoxy groups -OCH3 is 1. The fourth-order valence-electron chi connectivity index (χ4n) is 3.32. The first-order chi connectivity index (χ1) is 13.3. The van der Waals surface area contributed by atoms with Crippen molar-refractivity contribution in [3.05, 3.63) is 46.2 Å². The molecule has 2 unspecified atom stereocenters. The van der Waals surface area contributed by atoms with Gasteiger partial charge < -0.3 is 14.4 Å². The molecule has 0 radical (unpaired) electrons. The quantitative estimate of drug-likeness (QED) is 0.684. The Bertz CT molecular complexity index is 938. The van der Waals surface area contributed by atoms with Gasteiger partial charge in [0.1, 0.15) is 0 Å². The van der Waals surface area contributed by atoms with Crippen molar-refractivity contribution in [1.82, 2.24) is 4.90 Å². The number of ether oxygens (including phenoxy) is 2. The largest absolute Gasteiger partial charge is 0.493 e. The van der Waals surface area contributed by atoms with Gasteiger partial charge in [-0.05, 0) is 49.4 Å². The molecule has 2 aromatic rings. The molecule has 1 aliphatic rings. The number of aryl methyl sites for hydroxylation is 1. The summed E-state index contributed by atoms with van der Waals surface area (Å²) in [6.07, 6.45) is -0.306. The Balaban J connectivity index is 1.82. The molecule has 0 N–H and O–H groups in total. The minimum Gasteiger partial charge on any atom is -0.493 e. The molecular weight excluding hydrogens is 398 g/mol. The van der Waals surface area contributed by atoms with Crippen LogP contribution in [0.25, 0.3) is 0 Å². The van der Waals surface area contributed by atoms with Crippen LogP contribution in [0.5, 0.6) is 11.5 Å². The van der Waals surface area contributed by atoms with Crippen molar-refractivity contribution >= 4 is 27.1 Å². The van der Waals surface area contributed by atoms with E-state index in [9.17, 15) is 13.2 Å². The van der Waals surface area contributed by atoms with E-state index in [-0.39, 0.29) is 23.5 Å². The van der Waals surface area contributed by atoms with Crippen LogP contribution in [0.15, 0.2) is 35.7 Å². The lowest BCUT2D eigenvalue weighted by molar-refractivity contribution is -0.140. The highest BCUT2D eigenvalue weighted by atomic mass is 32.2. The summed E-state index contributed by atoms with van der Waals surface area (Å²) in [7, 11) is -1.56. The predicted molar refractivity (Wildman–Crippen MR) is 110 cm³/mol. The summed E-state index contributed by atoms with van der Waals surface area (Å²) in [4.78, 5) is 16.0. The molecule has 0 aliphatic carbocycles. The molecule has 1 aliphatic heterocycles. The summed E-state index contributed by atoms with van der Waals surface area (Å²) in [6.45, 7) is 4.07. The second kappa shape index (κ2) is 8.53. The van der Waals surface area contributed by atoms with E-state index in [1.165, 1.54) is 0 Å². The first kappa shape index (κ1) is 20.7. The van der Waals surface area contributed by atoms with E-state index >= 15 is 0 Å². The Hall–Kier alpha value is -2.06. The SMILES string of the molecule is COc1ccccc1OC(C)C(=O)N(Cc1sccc1C)C1CCS(=O)(=O)C1. The zero-order chi connectivity index (χ0) is 20.3. The van der Waals surface area contributed by atoms with E-state index in [1.807, 2.05) is 30.5 Å². The normalized spacial score (nSPS) is 19.2. The number of amides is 1. The number of para-hydroxylation sites is 2. The van der Waals surface area contributed by atoms with Crippen molar-refractivity contribution in [2.45, 2.75) is 39.0 Å². The van der Waals surface area contributed by atoms with E-state index in [2.05, 4.69) is 0 Å². The van der Waals surface area contributed by atoms with Crippen LogP contribution in [-0.4, -0.2) is 50.0 Å². The maximum atomic E-state index is 13.3. The van der Waals surface area contributed by atoms with Gasteiger partial charge in [-0.15, -0.1) is 11.3 Å². The van der Waals surface area contributed by atoms with Crippen LogP contribution in [0.3, 0.4) is 0 Å². The molecule has 1 aromatic carbocycles. The van der Waals surface area contributed by atoms with Crippen LogP contribution < -0.4 is 9.47 Å². The van der Waals surface area contributed by atoms with Gasteiger partial charge in [0.05, 0.1) is 25.2 Å². The van der Waals surface area contributed by atoms with E-state index in [4.69, 9.17) is 9.47 Å². The molecule has 152 valence electrons. The monoisotopic (exact) mass is 423 g/mol. The minimum absolute atomic E-state index is 0.00450. The zero-order valence-corrected chi connectivity index (χ0v) is 17.9. The first-order valence-electron chi connectivity index (χ1n) is 9.14. The number of carbonyl (C=O) groups excluding carboxylic acids is 1. The van der Waals surface area contributed by atoms with Crippen LogP contribution >= 0.6 is 11.3 Å². The van der Waals surface area contributed by atoms with Gasteiger partial charge in [0.2, 0.25) is 0 Å². The molecule has 1 aromatic heterocycles. The van der Waals surface area contributed by atoms with Crippen molar-refractivity contribution in [3.63, 3.8) is 0 Å². The van der Waals surface area contributed by atoms with Crippen LogP contribution in [0.2, 0.25) is 0 Å². The lowest BCUT2D eigenvalue weighted by Crippen LogP contribution is -2.46. The molecule has 0 bridgehead atoms. The lowest BCUT2D eigenvalue weighted by atomic mass is 10.1. The zero-order valence-electron chi connectivity index (χ0n) is 16.3. The molecule has 3 rings (SSSR count).